The summed E-state index contributed by atoms with van der Waals surface area (Å²) in [5, 5.41) is 3.94. The van der Waals surface area contributed by atoms with Crippen LogP contribution in [-0.4, -0.2) is 9.97 Å². The molecule has 17 heavy (non-hydrogen) atoms. The molecule has 1 aromatic carbocycles. The lowest BCUT2D eigenvalue weighted by molar-refractivity contribution is 1.29. The van der Waals surface area contributed by atoms with Crippen molar-refractivity contribution in [3.8, 4) is 11.4 Å². The number of hydrogen-bond donors (Lipinski definition) is 1. The van der Waals surface area contributed by atoms with Crippen LogP contribution in [0.2, 0.25) is 0 Å². The number of fused-ring (bicyclic) bond motifs is 1. The fourth-order valence-electron chi connectivity index (χ4n) is 1.92. The molecule has 4 heteroatoms. The maximum absolute atomic E-state index is 11.0. The number of nitrogens with zero attached hydrogens (tertiary/aromatic N) is 2. The molecule has 3 aromatic rings. The van der Waals surface area contributed by atoms with E-state index in [1.165, 1.54) is 0 Å². The molecule has 3 rings (SSSR count). The van der Waals surface area contributed by atoms with E-state index in [9.17, 15) is 4.91 Å². The Kier molecular flexibility index (Phi) is 2.19. The lowest BCUT2D eigenvalue weighted by atomic mass is 10.2. The standard InChI is InChI=1S/C13H9N3O/c17-16-12-9-5-1-2-6-10(9)15-13(12)11-7-3-4-8-14-11/h1-8,15H. The van der Waals surface area contributed by atoms with Crippen molar-refractivity contribution in [2.75, 3.05) is 0 Å². The number of nitroso groups, excluding NO2 is 1. The van der Waals surface area contributed by atoms with E-state index < -0.39 is 0 Å². The normalized spacial score (nSPS) is 10.6. The zero-order valence-electron chi connectivity index (χ0n) is 8.92. The van der Waals surface area contributed by atoms with Crippen molar-refractivity contribution in [2.45, 2.75) is 0 Å². The minimum absolute atomic E-state index is 0.416. The summed E-state index contributed by atoms with van der Waals surface area (Å²) in [6, 6.07) is 13.1. The SMILES string of the molecule is O=Nc1c(-c2ccccn2)[nH]c2ccccc12. The third kappa shape index (κ3) is 1.50. The van der Waals surface area contributed by atoms with E-state index in [2.05, 4.69) is 15.1 Å². The molecular weight excluding hydrogens is 214 g/mol. The monoisotopic (exact) mass is 223 g/mol. The average molecular weight is 223 g/mol. The Morgan fingerprint density at radius 3 is 2.65 bits per heavy atom. The zero-order chi connectivity index (χ0) is 11.7. The molecular formula is C13H9N3O. The van der Waals surface area contributed by atoms with Gasteiger partial charge in [0.25, 0.3) is 0 Å². The lowest BCUT2D eigenvalue weighted by Gasteiger charge is -1.96. The van der Waals surface area contributed by atoms with Crippen LogP contribution in [-0.2, 0) is 0 Å². The van der Waals surface area contributed by atoms with Crippen LogP contribution in [0.15, 0.2) is 53.8 Å². The van der Waals surface area contributed by atoms with Gasteiger partial charge in [-0.3, -0.25) is 4.98 Å². The summed E-state index contributed by atoms with van der Waals surface area (Å²) < 4.78 is 0. The first-order valence-corrected chi connectivity index (χ1v) is 5.25. The Bertz CT molecular complexity index is 673. The van der Waals surface area contributed by atoms with Crippen LogP contribution >= 0.6 is 0 Å². The van der Waals surface area contributed by atoms with Crippen molar-refractivity contribution in [3.05, 3.63) is 53.6 Å². The molecule has 2 heterocycles. The van der Waals surface area contributed by atoms with Crippen LogP contribution in [0.25, 0.3) is 22.3 Å². The van der Waals surface area contributed by atoms with Crippen molar-refractivity contribution in [2.24, 2.45) is 5.18 Å². The predicted molar refractivity (Wildman–Crippen MR) is 67.0 cm³/mol. The number of aromatic amines is 1. The fraction of sp³-hybridized carbons (Fsp3) is 0. The van der Waals surface area contributed by atoms with E-state index in [1.54, 1.807) is 6.20 Å². The molecule has 0 radical (unpaired) electrons. The molecule has 0 aliphatic heterocycles. The molecule has 0 aliphatic carbocycles. The number of para-hydroxylation sites is 1. The van der Waals surface area contributed by atoms with Crippen molar-refractivity contribution in [1.82, 2.24) is 9.97 Å². The van der Waals surface area contributed by atoms with E-state index in [4.69, 9.17) is 0 Å². The quantitative estimate of drug-likeness (QED) is 0.674. The van der Waals surface area contributed by atoms with Gasteiger partial charge in [0.2, 0.25) is 0 Å². The van der Waals surface area contributed by atoms with Gasteiger partial charge in [0, 0.05) is 17.1 Å². The molecule has 0 bridgehead atoms. The smallest absolute Gasteiger partial charge is 0.142 e. The van der Waals surface area contributed by atoms with Crippen LogP contribution in [0.1, 0.15) is 0 Å². The minimum atomic E-state index is 0.416. The van der Waals surface area contributed by atoms with E-state index >= 15 is 0 Å². The van der Waals surface area contributed by atoms with Gasteiger partial charge in [0.05, 0.1) is 11.4 Å². The number of pyridine rings is 1. The Morgan fingerprint density at radius 1 is 1.06 bits per heavy atom. The fourth-order valence-corrected chi connectivity index (χ4v) is 1.92. The molecule has 0 atom stereocenters. The van der Waals surface area contributed by atoms with Crippen molar-refractivity contribution in [1.29, 1.82) is 0 Å². The Hall–Kier alpha value is -2.49. The van der Waals surface area contributed by atoms with E-state index in [1.807, 2.05) is 42.5 Å². The highest BCUT2D eigenvalue weighted by molar-refractivity contribution is 5.98. The first kappa shape index (κ1) is 9.72. The number of rotatable bonds is 2. The molecule has 4 nitrogen and oxygen atoms in total. The second kappa shape index (κ2) is 3.83. The third-order valence-corrected chi connectivity index (χ3v) is 2.69. The molecule has 0 fully saturated rings. The number of hydrogen-bond acceptors (Lipinski definition) is 3. The van der Waals surface area contributed by atoms with Gasteiger partial charge in [-0.25, -0.2) is 0 Å². The van der Waals surface area contributed by atoms with Gasteiger partial charge in [0.15, 0.2) is 0 Å². The number of aromatic nitrogens is 2. The second-order valence-electron chi connectivity index (χ2n) is 3.70. The molecule has 0 unspecified atom stereocenters. The lowest BCUT2D eigenvalue weighted by Crippen LogP contribution is -1.81. The van der Waals surface area contributed by atoms with Crippen LogP contribution < -0.4 is 0 Å². The Labute approximate surface area is 97.3 Å². The molecule has 0 saturated carbocycles. The van der Waals surface area contributed by atoms with E-state index in [-0.39, 0.29) is 0 Å². The van der Waals surface area contributed by atoms with Gasteiger partial charge in [-0.05, 0) is 23.4 Å². The van der Waals surface area contributed by atoms with Crippen molar-refractivity contribution in [3.63, 3.8) is 0 Å². The average Bonchev–Trinajstić information content (AvgIpc) is 2.78. The maximum atomic E-state index is 11.0. The minimum Gasteiger partial charge on any atom is -0.351 e. The number of benzene rings is 1. The highest BCUT2D eigenvalue weighted by Gasteiger charge is 2.13. The largest absolute Gasteiger partial charge is 0.351 e. The van der Waals surface area contributed by atoms with Gasteiger partial charge in [-0.15, -0.1) is 4.91 Å². The van der Waals surface area contributed by atoms with Crippen LogP contribution in [0, 0.1) is 4.91 Å². The molecule has 0 spiro atoms. The summed E-state index contributed by atoms with van der Waals surface area (Å²) in [6.45, 7) is 0. The topological polar surface area (TPSA) is 58.1 Å². The van der Waals surface area contributed by atoms with Gasteiger partial charge in [-0.1, -0.05) is 24.3 Å². The maximum Gasteiger partial charge on any atom is 0.142 e. The van der Waals surface area contributed by atoms with Crippen LogP contribution in [0.4, 0.5) is 5.69 Å². The van der Waals surface area contributed by atoms with E-state index in [0.717, 1.165) is 16.6 Å². The van der Waals surface area contributed by atoms with Crippen molar-refractivity contribution < 1.29 is 0 Å². The summed E-state index contributed by atoms with van der Waals surface area (Å²) in [6.07, 6.45) is 1.69. The predicted octanol–water partition coefficient (Wildman–Crippen LogP) is 3.63. The zero-order valence-corrected chi connectivity index (χ0v) is 8.92. The molecule has 2 aromatic heterocycles. The van der Waals surface area contributed by atoms with E-state index in [0.29, 0.717) is 11.4 Å². The third-order valence-electron chi connectivity index (χ3n) is 2.69. The summed E-state index contributed by atoms with van der Waals surface area (Å²) in [5.41, 5.74) is 2.70. The molecule has 82 valence electrons. The summed E-state index contributed by atoms with van der Waals surface area (Å²) >= 11 is 0. The molecule has 0 aliphatic rings. The highest BCUT2D eigenvalue weighted by atomic mass is 16.3. The number of H-pyrrole nitrogens is 1. The summed E-state index contributed by atoms with van der Waals surface area (Å²) in [5.74, 6) is 0. The molecule has 1 N–H and O–H groups in total. The first-order chi connectivity index (χ1) is 8.40. The summed E-state index contributed by atoms with van der Waals surface area (Å²) in [4.78, 5) is 18.4. The van der Waals surface area contributed by atoms with Gasteiger partial charge in [-0.2, -0.15) is 0 Å². The van der Waals surface area contributed by atoms with Crippen LogP contribution in [0.3, 0.4) is 0 Å². The second-order valence-corrected chi connectivity index (χ2v) is 3.70. The number of nitrogens with one attached hydrogen (secondary N) is 1. The van der Waals surface area contributed by atoms with Crippen molar-refractivity contribution >= 4 is 16.6 Å². The van der Waals surface area contributed by atoms with Gasteiger partial charge < -0.3 is 4.98 Å². The van der Waals surface area contributed by atoms with Gasteiger partial charge in [0.1, 0.15) is 5.69 Å². The highest BCUT2D eigenvalue weighted by Crippen LogP contribution is 2.35. The van der Waals surface area contributed by atoms with Gasteiger partial charge >= 0.3 is 0 Å². The van der Waals surface area contributed by atoms with Crippen LogP contribution in [0.5, 0.6) is 0 Å². The first-order valence-electron chi connectivity index (χ1n) is 5.25. The molecule has 0 amide bonds. The summed E-state index contributed by atoms with van der Waals surface area (Å²) in [7, 11) is 0. The Balaban J connectivity index is 2.33. The Morgan fingerprint density at radius 2 is 1.88 bits per heavy atom. The molecule has 0 saturated heterocycles.